The molecule has 1 aromatic carbocycles. The first kappa shape index (κ1) is 28.1. The number of fused-ring (bicyclic) bond motifs is 1. The summed E-state index contributed by atoms with van der Waals surface area (Å²) in [6.45, 7) is 1.20. The summed E-state index contributed by atoms with van der Waals surface area (Å²) in [6.07, 6.45) is -5.19. The smallest absolute Gasteiger partial charge is 0.358 e. The van der Waals surface area contributed by atoms with E-state index in [-0.39, 0.29) is 11.1 Å². The number of rotatable bonds is 8. The Kier molecular flexibility index (Phi) is 8.03. The maximum Gasteiger partial charge on any atom is 0.452 e. The quantitative estimate of drug-likeness (QED) is 0.383. The number of benzene rings is 1. The Bertz CT molecular complexity index is 1570. The van der Waals surface area contributed by atoms with Crippen molar-refractivity contribution in [3.63, 3.8) is 0 Å². The standard InChI is InChI=1S/C24H24F3N5O6/c1-12(2)18(20(35)24(25,26)27)29-17(34)11-31-15(13-7-5-4-6-8-13)9-14-19(22(31)37)30-23(38)32(21(14)36)10-16(33)28-3/h4-9,12,18H,10-11H2,1-3H3,(H,28,33)(H,29,34)(H,30,38). The van der Waals surface area contributed by atoms with Crippen molar-refractivity contribution in [1.29, 1.82) is 0 Å². The Labute approximate surface area is 212 Å². The van der Waals surface area contributed by atoms with Crippen LogP contribution in [0.5, 0.6) is 0 Å². The van der Waals surface area contributed by atoms with E-state index < -0.39 is 71.1 Å². The molecule has 3 aromatic rings. The second-order valence-corrected chi connectivity index (χ2v) is 8.72. The third-order valence-corrected chi connectivity index (χ3v) is 5.75. The molecule has 3 rings (SSSR count). The molecular weight excluding hydrogens is 511 g/mol. The van der Waals surface area contributed by atoms with E-state index in [4.69, 9.17) is 0 Å². The molecular formula is C24H24F3N5O6. The van der Waals surface area contributed by atoms with E-state index in [1.54, 1.807) is 30.3 Å². The zero-order valence-corrected chi connectivity index (χ0v) is 20.5. The number of hydrogen-bond donors (Lipinski definition) is 3. The molecule has 202 valence electrons. The van der Waals surface area contributed by atoms with Gasteiger partial charge in [0.05, 0.1) is 17.1 Å². The average Bonchev–Trinajstić information content (AvgIpc) is 2.86. The summed E-state index contributed by atoms with van der Waals surface area (Å²) in [5, 5.41) is 4.07. The molecule has 2 aromatic heterocycles. The second-order valence-electron chi connectivity index (χ2n) is 8.72. The van der Waals surface area contributed by atoms with Crippen LogP contribution >= 0.6 is 0 Å². The highest BCUT2D eigenvalue weighted by Crippen LogP contribution is 2.22. The summed E-state index contributed by atoms with van der Waals surface area (Å²) in [6, 6.07) is 7.36. The lowest BCUT2D eigenvalue weighted by molar-refractivity contribution is -0.174. The zero-order valence-electron chi connectivity index (χ0n) is 20.5. The molecule has 2 heterocycles. The molecule has 0 fully saturated rings. The van der Waals surface area contributed by atoms with Gasteiger partial charge in [0, 0.05) is 7.05 Å². The number of carbonyl (C=O) groups is 3. The first-order valence-electron chi connectivity index (χ1n) is 11.3. The van der Waals surface area contributed by atoms with Crippen molar-refractivity contribution in [1.82, 2.24) is 24.8 Å². The third-order valence-electron chi connectivity index (χ3n) is 5.75. The molecule has 14 heteroatoms. The summed E-state index contributed by atoms with van der Waals surface area (Å²) < 4.78 is 40.5. The van der Waals surface area contributed by atoms with Crippen LogP contribution in [-0.4, -0.2) is 51.0 Å². The highest BCUT2D eigenvalue weighted by molar-refractivity contribution is 5.93. The van der Waals surface area contributed by atoms with E-state index in [2.05, 4.69) is 10.3 Å². The lowest BCUT2D eigenvalue weighted by atomic mass is 9.99. The Morgan fingerprint density at radius 2 is 1.55 bits per heavy atom. The van der Waals surface area contributed by atoms with E-state index >= 15 is 0 Å². The van der Waals surface area contributed by atoms with Crippen LogP contribution in [0.4, 0.5) is 13.2 Å². The molecule has 1 unspecified atom stereocenters. The molecule has 2 amide bonds. The predicted molar refractivity (Wildman–Crippen MR) is 130 cm³/mol. The van der Waals surface area contributed by atoms with E-state index in [9.17, 15) is 41.9 Å². The highest BCUT2D eigenvalue weighted by Gasteiger charge is 2.45. The van der Waals surface area contributed by atoms with Gasteiger partial charge < -0.3 is 15.6 Å². The van der Waals surface area contributed by atoms with E-state index in [0.717, 1.165) is 4.57 Å². The number of alkyl halides is 3. The molecule has 0 spiro atoms. The van der Waals surface area contributed by atoms with Gasteiger partial charge in [-0.2, -0.15) is 13.2 Å². The maximum absolute atomic E-state index is 13.4. The number of nitrogens with one attached hydrogen (secondary N) is 3. The van der Waals surface area contributed by atoms with E-state index in [0.29, 0.717) is 10.1 Å². The van der Waals surface area contributed by atoms with Gasteiger partial charge in [0.1, 0.15) is 18.6 Å². The van der Waals surface area contributed by atoms with Gasteiger partial charge in [0.25, 0.3) is 16.9 Å². The van der Waals surface area contributed by atoms with Crippen molar-refractivity contribution < 1.29 is 27.6 Å². The van der Waals surface area contributed by atoms with Crippen LogP contribution in [0.25, 0.3) is 22.2 Å². The van der Waals surface area contributed by atoms with Gasteiger partial charge in [-0.1, -0.05) is 44.2 Å². The monoisotopic (exact) mass is 535 g/mol. The van der Waals surface area contributed by atoms with Crippen LogP contribution in [0.2, 0.25) is 0 Å². The van der Waals surface area contributed by atoms with Crippen molar-refractivity contribution in [2.75, 3.05) is 7.05 Å². The fraction of sp³-hybridized carbons (Fsp3) is 0.333. The Morgan fingerprint density at radius 3 is 2.11 bits per heavy atom. The lowest BCUT2D eigenvalue weighted by Crippen LogP contribution is -2.51. The van der Waals surface area contributed by atoms with Crippen molar-refractivity contribution in [2.24, 2.45) is 5.92 Å². The molecule has 0 saturated carbocycles. The number of H-pyrrole nitrogens is 1. The molecule has 0 radical (unpaired) electrons. The maximum atomic E-state index is 13.4. The first-order valence-corrected chi connectivity index (χ1v) is 11.3. The third kappa shape index (κ3) is 5.74. The molecule has 11 nitrogen and oxygen atoms in total. The van der Waals surface area contributed by atoms with Gasteiger partial charge in [0.15, 0.2) is 0 Å². The van der Waals surface area contributed by atoms with E-state index in [1.165, 1.54) is 27.0 Å². The molecule has 1 atom stereocenters. The van der Waals surface area contributed by atoms with Crippen molar-refractivity contribution >= 4 is 28.5 Å². The normalized spacial score (nSPS) is 12.4. The number of carbonyl (C=O) groups excluding carboxylic acids is 3. The summed E-state index contributed by atoms with van der Waals surface area (Å²) in [4.78, 5) is 77.6. The number of nitrogens with zero attached hydrogens (tertiary/aromatic N) is 2. The highest BCUT2D eigenvalue weighted by atomic mass is 19.4. The number of pyridine rings is 1. The van der Waals surface area contributed by atoms with Gasteiger partial charge in [-0.15, -0.1) is 0 Å². The average molecular weight is 535 g/mol. The fourth-order valence-corrected chi connectivity index (χ4v) is 3.79. The second kappa shape index (κ2) is 10.9. The summed E-state index contributed by atoms with van der Waals surface area (Å²) >= 11 is 0. The van der Waals surface area contributed by atoms with Gasteiger partial charge in [-0.05, 0) is 17.5 Å². The van der Waals surface area contributed by atoms with Crippen LogP contribution in [0, 0.1) is 5.92 Å². The van der Waals surface area contributed by atoms with Crippen molar-refractivity contribution in [3.8, 4) is 11.3 Å². The van der Waals surface area contributed by atoms with Crippen molar-refractivity contribution in [3.05, 3.63) is 67.6 Å². The predicted octanol–water partition coefficient (Wildman–Crippen LogP) is 0.537. The molecule has 0 aliphatic carbocycles. The number of Topliss-reactive ketones (excluding diaryl/α,β-unsaturated/α-hetero) is 1. The molecule has 0 aliphatic heterocycles. The fourth-order valence-electron chi connectivity index (χ4n) is 3.79. The molecule has 3 N–H and O–H groups in total. The van der Waals surface area contributed by atoms with Crippen LogP contribution in [0.1, 0.15) is 13.8 Å². The molecule has 0 aliphatic rings. The van der Waals surface area contributed by atoms with Gasteiger partial charge in [0.2, 0.25) is 11.8 Å². The number of aromatic nitrogens is 3. The van der Waals surface area contributed by atoms with Crippen LogP contribution in [-0.2, 0) is 27.5 Å². The summed E-state index contributed by atoms with van der Waals surface area (Å²) in [7, 11) is 1.31. The number of hydrogen-bond acceptors (Lipinski definition) is 6. The van der Waals surface area contributed by atoms with Gasteiger partial charge >= 0.3 is 11.9 Å². The minimum atomic E-state index is -5.19. The Hall–Kier alpha value is -4.49. The minimum absolute atomic E-state index is 0.0390. The summed E-state index contributed by atoms with van der Waals surface area (Å²) in [5.41, 5.74) is -3.03. The Morgan fingerprint density at radius 1 is 0.947 bits per heavy atom. The Balaban J connectivity index is 2.18. The SMILES string of the molecule is CNC(=O)Cn1c(=O)[nH]c2c(=O)n(CC(=O)NC(C(=O)C(F)(F)F)C(C)C)c(-c3ccccc3)cc2c1=O. The summed E-state index contributed by atoms with van der Waals surface area (Å²) in [5.74, 6) is -4.77. The van der Waals surface area contributed by atoms with Crippen LogP contribution < -0.4 is 27.4 Å². The van der Waals surface area contributed by atoms with Crippen LogP contribution in [0.3, 0.4) is 0 Å². The van der Waals surface area contributed by atoms with Crippen molar-refractivity contribution in [2.45, 2.75) is 39.2 Å². The van der Waals surface area contributed by atoms with Crippen LogP contribution in [0.15, 0.2) is 50.8 Å². The number of halogens is 3. The number of likely N-dealkylation sites (N-methyl/N-ethyl adjacent to an activating group) is 1. The van der Waals surface area contributed by atoms with Gasteiger partial charge in [-0.3, -0.25) is 33.1 Å². The zero-order chi connectivity index (χ0) is 28.4. The first-order chi connectivity index (χ1) is 17.8. The number of ketones is 1. The largest absolute Gasteiger partial charge is 0.452 e. The molecule has 0 bridgehead atoms. The number of amides is 2. The lowest BCUT2D eigenvalue weighted by Gasteiger charge is -2.23. The molecule has 38 heavy (non-hydrogen) atoms. The topological polar surface area (TPSA) is 152 Å². The number of aromatic amines is 1. The minimum Gasteiger partial charge on any atom is -0.358 e. The van der Waals surface area contributed by atoms with E-state index in [1.807, 2.05) is 5.32 Å². The van der Waals surface area contributed by atoms with Gasteiger partial charge in [-0.25, -0.2) is 4.79 Å². The molecule has 0 saturated heterocycles.